The first-order valence-corrected chi connectivity index (χ1v) is 5.11. The summed E-state index contributed by atoms with van der Waals surface area (Å²) >= 11 is 0. The van der Waals surface area contributed by atoms with Crippen LogP contribution in [0.1, 0.15) is 6.92 Å². The van der Waals surface area contributed by atoms with E-state index in [1.54, 1.807) is 13.0 Å². The van der Waals surface area contributed by atoms with Gasteiger partial charge in [-0.05, 0) is 13.0 Å². The smallest absolute Gasteiger partial charge is 0.293 e. The lowest BCUT2D eigenvalue weighted by Crippen LogP contribution is -2.16. The van der Waals surface area contributed by atoms with Crippen LogP contribution in [0.25, 0.3) is 10.9 Å². The van der Waals surface area contributed by atoms with Crippen LogP contribution in [0.4, 0.5) is 11.4 Å². The van der Waals surface area contributed by atoms with Crippen LogP contribution in [-0.2, 0) is 0 Å². The van der Waals surface area contributed by atoms with Crippen molar-refractivity contribution in [1.82, 2.24) is 10.2 Å². The molecule has 1 atom stereocenters. The summed E-state index contributed by atoms with van der Waals surface area (Å²) in [7, 11) is 0. The lowest BCUT2D eigenvalue weighted by Gasteiger charge is -2.08. The van der Waals surface area contributed by atoms with Crippen molar-refractivity contribution >= 4 is 22.3 Å². The van der Waals surface area contributed by atoms with Crippen molar-refractivity contribution in [3.05, 3.63) is 28.4 Å². The summed E-state index contributed by atoms with van der Waals surface area (Å²) < 4.78 is 0. The zero-order chi connectivity index (χ0) is 12.4. The maximum Gasteiger partial charge on any atom is 0.293 e. The molecule has 2 rings (SSSR count). The van der Waals surface area contributed by atoms with Gasteiger partial charge in [-0.15, -0.1) is 0 Å². The highest BCUT2D eigenvalue weighted by Crippen LogP contribution is 2.28. The number of rotatable bonds is 4. The number of hydrogen-bond donors (Lipinski definition) is 3. The first kappa shape index (κ1) is 11.3. The maximum atomic E-state index is 10.9. The molecule has 90 valence electrons. The lowest BCUT2D eigenvalue weighted by molar-refractivity contribution is -0.383. The quantitative estimate of drug-likeness (QED) is 0.547. The van der Waals surface area contributed by atoms with E-state index in [2.05, 4.69) is 15.5 Å². The first-order valence-electron chi connectivity index (χ1n) is 5.11. The molecular formula is C10H12N4O3. The van der Waals surface area contributed by atoms with Crippen molar-refractivity contribution in [1.29, 1.82) is 0 Å². The molecule has 0 aliphatic rings. The number of fused-ring (bicyclic) bond motifs is 1. The maximum absolute atomic E-state index is 10.9. The van der Waals surface area contributed by atoms with E-state index in [9.17, 15) is 10.1 Å². The van der Waals surface area contributed by atoms with Gasteiger partial charge in [-0.3, -0.25) is 15.2 Å². The number of aliphatic hydroxyl groups excluding tert-OH is 1. The Morgan fingerprint density at radius 3 is 3.06 bits per heavy atom. The molecule has 1 unspecified atom stereocenters. The minimum absolute atomic E-state index is 0.0282. The predicted molar refractivity (Wildman–Crippen MR) is 62.9 cm³/mol. The summed E-state index contributed by atoms with van der Waals surface area (Å²) in [5.41, 5.74) is 1.05. The van der Waals surface area contributed by atoms with Crippen molar-refractivity contribution in [2.45, 2.75) is 13.0 Å². The van der Waals surface area contributed by atoms with E-state index in [1.807, 2.05) is 0 Å². The standard InChI is InChI=1S/C10H12N4O3/c1-6(15)4-11-9-3-8-7(5-12-13-8)2-10(9)14(16)17/h2-3,5-6,11,15H,4H2,1H3,(H,12,13). The number of anilines is 1. The van der Waals surface area contributed by atoms with E-state index in [-0.39, 0.29) is 12.2 Å². The van der Waals surface area contributed by atoms with Crippen molar-refractivity contribution < 1.29 is 10.0 Å². The summed E-state index contributed by atoms with van der Waals surface area (Å²) in [5.74, 6) is 0. The summed E-state index contributed by atoms with van der Waals surface area (Å²) in [4.78, 5) is 10.4. The average Bonchev–Trinajstić information content (AvgIpc) is 2.71. The Morgan fingerprint density at radius 1 is 1.65 bits per heavy atom. The number of aromatic amines is 1. The number of aromatic nitrogens is 2. The van der Waals surface area contributed by atoms with E-state index < -0.39 is 11.0 Å². The van der Waals surface area contributed by atoms with Crippen LogP contribution in [0.5, 0.6) is 0 Å². The van der Waals surface area contributed by atoms with E-state index in [0.29, 0.717) is 16.6 Å². The molecule has 1 heterocycles. The van der Waals surface area contributed by atoms with E-state index >= 15 is 0 Å². The number of nitro groups is 1. The molecule has 0 fully saturated rings. The van der Waals surface area contributed by atoms with E-state index in [0.717, 1.165) is 0 Å². The second-order valence-electron chi connectivity index (χ2n) is 3.81. The minimum atomic E-state index is -0.577. The Hall–Kier alpha value is -2.15. The van der Waals surface area contributed by atoms with Crippen molar-refractivity contribution in [3.8, 4) is 0 Å². The molecule has 0 saturated carbocycles. The third-order valence-corrected chi connectivity index (χ3v) is 2.34. The molecular weight excluding hydrogens is 224 g/mol. The van der Waals surface area contributed by atoms with E-state index in [4.69, 9.17) is 5.11 Å². The minimum Gasteiger partial charge on any atom is -0.392 e. The Morgan fingerprint density at radius 2 is 2.41 bits per heavy atom. The van der Waals surface area contributed by atoms with Crippen LogP contribution < -0.4 is 5.32 Å². The van der Waals surface area contributed by atoms with Gasteiger partial charge in [0.15, 0.2) is 0 Å². The fourth-order valence-corrected chi connectivity index (χ4v) is 1.53. The second kappa shape index (κ2) is 4.38. The molecule has 0 aliphatic heterocycles. The van der Waals surface area contributed by atoms with Gasteiger partial charge in [0.2, 0.25) is 0 Å². The summed E-state index contributed by atoms with van der Waals surface area (Å²) in [6.45, 7) is 1.86. The zero-order valence-corrected chi connectivity index (χ0v) is 9.17. The molecule has 17 heavy (non-hydrogen) atoms. The molecule has 0 amide bonds. The fourth-order valence-electron chi connectivity index (χ4n) is 1.53. The predicted octanol–water partition coefficient (Wildman–Crippen LogP) is 1.26. The van der Waals surface area contributed by atoms with Gasteiger partial charge in [0.1, 0.15) is 5.69 Å². The molecule has 0 spiro atoms. The van der Waals surface area contributed by atoms with Crippen molar-refractivity contribution in [2.75, 3.05) is 11.9 Å². The summed E-state index contributed by atoms with van der Waals surface area (Å²) in [6.07, 6.45) is 0.952. The van der Waals surface area contributed by atoms with Gasteiger partial charge in [0.05, 0.1) is 22.7 Å². The van der Waals surface area contributed by atoms with Crippen LogP contribution in [0.15, 0.2) is 18.3 Å². The molecule has 3 N–H and O–H groups in total. The normalized spacial score (nSPS) is 12.6. The van der Waals surface area contributed by atoms with Gasteiger partial charge in [-0.25, -0.2) is 0 Å². The molecule has 0 aliphatic carbocycles. The highest BCUT2D eigenvalue weighted by molar-refractivity contribution is 5.86. The Bertz CT molecular complexity index is 549. The van der Waals surface area contributed by atoms with Gasteiger partial charge < -0.3 is 10.4 Å². The third-order valence-electron chi connectivity index (χ3n) is 2.34. The first-order chi connectivity index (χ1) is 8.08. The molecule has 0 bridgehead atoms. The number of H-pyrrole nitrogens is 1. The molecule has 1 aromatic carbocycles. The third kappa shape index (κ3) is 2.34. The molecule has 2 aromatic rings. The number of nitrogens with zero attached hydrogens (tertiary/aromatic N) is 2. The van der Waals surface area contributed by atoms with Gasteiger partial charge in [-0.1, -0.05) is 0 Å². The van der Waals surface area contributed by atoms with Crippen LogP contribution >= 0.6 is 0 Å². The van der Waals surface area contributed by atoms with Gasteiger partial charge in [0, 0.05) is 18.0 Å². The Balaban J connectivity index is 2.42. The topological polar surface area (TPSA) is 104 Å². The van der Waals surface area contributed by atoms with Gasteiger partial charge in [0.25, 0.3) is 5.69 Å². The highest BCUT2D eigenvalue weighted by atomic mass is 16.6. The zero-order valence-electron chi connectivity index (χ0n) is 9.17. The second-order valence-corrected chi connectivity index (χ2v) is 3.81. The number of nitro benzene ring substituents is 1. The van der Waals surface area contributed by atoms with Crippen molar-refractivity contribution in [2.24, 2.45) is 0 Å². The van der Waals surface area contributed by atoms with Gasteiger partial charge in [-0.2, -0.15) is 5.10 Å². The highest BCUT2D eigenvalue weighted by Gasteiger charge is 2.16. The van der Waals surface area contributed by atoms with Crippen LogP contribution in [0.2, 0.25) is 0 Å². The molecule has 0 radical (unpaired) electrons. The number of aliphatic hydroxyl groups is 1. The number of benzene rings is 1. The van der Waals surface area contributed by atoms with Crippen LogP contribution in [0, 0.1) is 10.1 Å². The average molecular weight is 236 g/mol. The van der Waals surface area contributed by atoms with E-state index in [1.165, 1.54) is 12.3 Å². The van der Waals surface area contributed by atoms with Gasteiger partial charge >= 0.3 is 0 Å². The van der Waals surface area contributed by atoms with Crippen molar-refractivity contribution in [3.63, 3.8) is 0 Å². The molecule has 7 nitrogen and oxygen atoms in total. The summed E-state index contributed by atoms with van der Waals surface area (Å²) in [5, 5.41) is 30.1. The molecule has 1 aromatic heterocycles. The Labute approximate surface area is 96.6 Å². The largest absolute Gasteiger partial charge is 0.392 e. The monoisotopic (exact) mass is 236 g/mol. The summed E-state index contributed by atoms with van der Waals surface area (Å²) in [6, 6.07) is 3.06. The van der Waals surface area contributed by atoms with Crippen LogP contribution in [-0.4, -0.2) is 32.9 Å². The number of nitrogens with one attached hydrogen (secondary N) is 2. The fraction of sp³-hybridized carbons (Fsp3) is 0.300. The van der Waals surface area contributed by atoms with Crippen LogP contribution in [0.3, 0.4) is 0 Å². The molecule has 7 heteroatoms. The lowest BCUT2D eigenvalue weighted by atomic mass is 10.2. The SMILES string of the molecule is CC(O)CNc1cc2[nH]ncc2cc1[N+](=O)[O-]. The molecule has 0 saturated heterocycles. The number of hydrogen-bond acceptors (Lipinski definition) is 5. The Kier molecular flexibility index (Phi) is 2.92.